The Morgan fingerprint density at radius 2 is 1.86 bits per heavy atom. The van der Waals surface area contributed by atoms with Crippen LogP contribution in [0.25, 0.3) is 22.5 Å². The molecule has 0 bridgehead atoms. The Morgan fingerprint density at radius 3 is 2.44 bits per heavy atom. The Labute approximate surface area is 260 Å². The molecule has 0 atom stereocenters. The Balaban J connectivity index is 1.65. The van der Waals surface area contributed by atoms with E-state index in [1.165, 1.54) is 6.21 Å². The standard InChI is InChI=1S/C31H34Cl2N6O4/c1-31(2,3)37(4)30(41)28-24-17-43-26-13-25(42-5)22(18(14-34)15-35-16-27(40)38-7-6-8-38)12-23(26)29(24)39(36-28)21-10-19(32)9-20(33)11-21/h9-15,34-35H,6-8,16-17H2,1-5H3/b18-15+,34-14?. The van der Waals surface area contributed by atoms with E-state index in [9.17, 15) is 9.59 Å². The lowest BCUT2D eigenvalue weighted by atomic mass is 9.96. The summed E-state index contributed by atoms with van der Waals surface area (Å²) >= 11 is 12.8. The number of ether oxygens (including phenoxy) is 2. The number of halogens is 2. The minimum absolute atomic E-state index is 0.00350. The molecule has 0 unspecified atom stereocenters. The number of benzene rings is 2. The van der Waals surface area contributed by atoms with Gasteiger partial charge in [0.1, 0.15) is 18.1 Å². The lowest BCUT2D eigenvalue weighted by Crippen LogP contribution is -2.45. The zero-order chi connectivity index (χ0) is 31.1. The maximum atomic E-state index is 13.8. The van der Waals surface area contributed by atoms with Crippen molar-refractivity contribution in [1.29, 1.82) is 5.41 Å². The van der Waals surface area contributed by atoms with Gasteiger partial charge in [-0.2, -0.15) is 5.10 Å². The summed E-state index contributed by atoms with van der Waals surface area (Å²) in [6.45, 7) is 7.61. The molecule has 1 fully saturated rings. The van der Waals surface area contributed by atoms with E-state index in [1.807, 2.05) is 26.8 Å². The summed E-state index contributed by atoms with van der Waals surface area (Å²) in [5.74, 6) is 0.751. The predicted octanol–water partition coefficient (Wildman–Crippen LogP) is 5.43. The number of likely N-dealkylation sites (tertiary alicyclic amines) is 1. The Bertz CT molecular complexity index is 1620. The normalized spacial score (nSPS) is 14.2. The van der Waals surface area contributed by atoms with Crippen LogP contribution in [-0.2, 0) is 11.4 Å². The molecule has 43 heavy (non-hydrogen) atoms. The van der Waals surface area contributed by atoms with Gasteiger partial charge in [-0.15, -0.1) is 0 Å². The molecule has 0 spiro atoms. The number of carbonyl (C=O) groups excluding carboxylic acids is 2. The molecule has 3 heterocycles. The van der Waals surface area contributed by atoms with Gasteiger partial charge in [0.15, 0.2) is 5.69 Å². The van der Waals surface area contributed by atoms with E-state index in [1.54, 1.807) is 59.1 Å². The second-order valence-electron chi connectivity index (χ2n) is 11.4. The minimum Gasteiger partial charge on any atom is -0.496 e. The molecule has 0 radical (unpaired) electrons. The number of carbonyl (C=O) groups is 2. The predicted molar refractivity (Wildman–Crippen MR) is 168 cm³/mol. The van der Waals surface area contributed by atoms with E-state index >= 15 is 0 Å². The first-order valence-corrected chi connectivity index (χ1v) is 14.6. The lowest BCUT2D eigenvalue weighted by molar-refractivity contribution is -0.133. The monoisotopic (exact) mass is 624 g/mol. The van der Waals surface area contributed by atoms with Gasteiger partial charge in [0.2, 0.25) is 5.91 Å². The van der Waals surface area contributed by atoms with Crippen LogP contribution in [0.15, 0.2) is 36.5 Å². The number of aromatic nitrogens is 2. The van der Waals surface area contributed by atoms with Gasteiger partial charge in [0.05, 0.1) is 25.0 Å². The highest BCUT2D eigenvalue weighted by Crippen LogP contribution is 2.45. The second kappa shape index (κ2) is 11.9. The third kappa shape index (κ3) is 5.94. The number of fused-ring (bicyclic) bond motifs is 3. The number of allylic oxidation sites excluding steroid dienone is 1. The maximum absolute atomic E-state index is 13.8. The van der Waals surface area contributed by atoms with Crippen LogP contribution in [0.3, 0.4) is 0 Å². The highest BCUT2D eigenvalue weighted by molar-refractivity contribution is 6.34. The fourth-order valence-corrected chi connectivity index (χ4v) is 5.39. The topological polar surface area (TPSA) is 113 Å². The van der Waals surface area contributed by atoms with E-state index in [0.29, 0.717) is 55.2 Å². The molecule has 0 saturated carbocycles. The Morgan fingerprint density at radius 1 is 1.16 bits per heavy atom. The molecule has 10 nitrogen and oxygen atoms in total. The SMILES string of the molecule is COc1cc2c(cc1/C(C=N)=C/NCC(=O)N1CCC1)-c1c(c(C(=O)N(C)C(C)(C)C)nn1-c1cc(Cl)cc(Cl)c1)CO2. The van der Waals surface area contributed by atoms with Gasteiger partial charge in [-0.3, -0.25) is 9.59 Å². The van der Waals surface area contributed by atoms with E-state index in [2.05, 4.69) is 5.32 Å². The van der Waals surface area contributed by atoms with E-state index in [-0.39, 0.29) is 30.7 Å². The number of nitrogens with zero attached hydrogens (tertiary/aromatic N) is 4. The zero-order valence-electron chi connectivity index (χ0n) is 24.8. The van der Waals surface area contributed by atoms with Crippen molar-refractivity contribution in [3.8, 4) is 28.4 Å². The largest absolute Gasteiger partial charge is 0.496 e. The number of rotatable bonds is 8. The summed E-state index contributed by atoms with van der Waals surface area (Å²) in [5.41, 5.74) is 3.35. The molecule has 2 N–H and O–H groups in total. The molecule has 2 amide bonds. The molecule has 2 aromatic carbocycles. The summed E-state index contributed by atoms with van der Waals surface area (Å²) in [7, 11) is 3.28. The minimum atomic E-state index is -0.450. The summed E-state index contributed by atoms with van der Waals surface area (Å²) in [5, 5.41) is 16.8. The summed E-state index contributed by atoms with van der Waals surface area (Å²) in [6, 6.07) is 8.67. The van der Waals surface area contributed by atoms with Crippen molar-refractivity contribution in [3.05, 3.63) is 63.4 Å². The van der Waals surface area contributed by atoms with E-state index < -0.39 is 5.54 Å². The fourth-order valence-electron chi connectivity index (χ4n) is 4.88. The molecule has 2 aliphatic heterocycles. The van der Waals surface area contributed by atoms with Crippen molar-refractivity contribution < 1.29 is 19.1 Å². The van der Waals surface area contributed by atoms with Crippen LogP contribution in [0.5, 0.6) is 11.5 Å². The average molecular weight is 626 g/mol. The van der Waals surface area contributed by atoms with Crippen molar-refractivity contribution in [2.45, 2.75) is 39.3 Å². The van der Waals surface area contributed by atoms with Crippen molar-refractivity contribution in [1.82, 2.24) is 24.9 Å². The molecular weight excluding hydrogens is 591 g/mol. The van der Waals surface area contributed by atoms with Gasteiger partial charge in [0.25, 0.3) is 5.91 Å². The molecule has 12 heteroatoms. The molecule has 1 aromatic heterocycles. The van der Waals surface area contributed by atoms with Gasteiger partial charge in [0, 0.05) is 76.5 Å². The molecule has 0 aliphatic carbocycles. The average Bonchev–Trinajstić information content (AvgIpc) is 3.32. The van der Waals surface area contributed by atoms with Crippen LogP contribution in [0.4, 0.5) is 0 Å². The first kappa shape index (κ1) is 30.4. The zero-order valence-corrected chi connectivity index (χ0v) is 26.3. The Hall–Kier alpha value is -4.02. The summed E-state index contributed by atoms with van der Waals surface area (Å²) < 4.78 is 13.5. The van der Waals surface area contributed by atoms with Crippen LogP contribution in [0.2, 0.25) is 10.0 Å². The summed E-state index contributed by atoms with van der Waals surface area (Å²) in [6.07, 6.45) is 3.83. The highest BCUT2D eigenvalue weighted by Gasteiger charge is 2.35. The van der Waals surface area contributed by atoms with Crippen molar-refractivity contribution in [2.24, 2.45) is 0 Å². The number of nitrogens with one attached hydrogen (secondary N) is 2. The molecule has 226 valence electrons. The van der Waals surface area contributed by atoms with Crippen molar-refractivity contribution >= 4 is 46.8 Å². The second-order valence-corrected chi connectivity index (χ2v) is 12.3. The van der Waals surface area contributed by atoms with Crippen LogP contribution < -0.4 is 14.8 Å². The fraction of sp³-hybridized carbons (Fsp3) is 0.355. The van der Waals surface area contributed by atoms with Crippen LogP contribution >= 0.6 is 23.2 Å². The van der Waals surface area contributed by atoms with Gasteiger partial charge in [-0.05, 0) is 51.5 Å². The molecule has 5 rings (SSSR count). The summed E-state index contributed by atoms with van der Waals surface area (Å²) in [4.78, 5) is 29.5. The van der Waals surface area contributed by atoms with Gasteiger partial charge in [-0.1, -0.05) is 23.2 Å². The van der Waals surface area contributed by atoms with E-state index in [0.717, 1.165) is 19.5 Å². The number of methoxy groups -OCH3 is 1. The quantitative estimate of drug-likeness (QED) is 0.323. The van der Waals surface area contributed by atoms with Crippen LogP contribution in [0, 0.1) is 5.41 Å². The number of hydrogen-bond donors (Lipinski definition) is 2. The number of hydrogen-bond acceptors (Lipinski definition) is 7. The van der Waals surface area contributed by atoms with Gasteiger partial charge in [-0.25, -0.2) is 4.68 Å². The lowest BCUT2D eigenvalue weighted by Gasteiger charge is -2.31. The first-order valence-electron chi connectivity index (χ1n) is 13.9. The smallest absolute Gasteiger partial charge is 0.274 e. The van der Waals surface area contributed by atoms with Crippen molar-refractivity contribution in [3.63, 3.8) is 0 Å². The van der Waals surface area contributed by atoms with E-state index in [4.69, 9.17) is 43.2 Å². The molecule has 2 aliphatic rings. The maximum Gasteiger partial charge on any atom is 0.274 e. The molecule has 3 aromatic rings. The first-order chi connectivity index (χ1) is 20.4. The van der Waals surface area contributed by atoms with Gasteiger partial charge < -0.3 is 30.0 Å². The third-order valence-corrected chi connectivity index (χ3v) is 8.14. The Kier molecular flexibility index (Phi) is 8.45. The number of amides is 2. The molecular formula is C31H34Cl2N6O4. The van der Waals surface area contributed by atoms with Crippen molar-refractivity contribution in [2.75, 3.05) is 33.8 Å². The highest BCUT2D eigenvalue weighted by atomic mass is 35.5. The van der Waals surface area contributed by atoms with Crippen LogP contribution in [0.1, 0.15) is 48.8 Å². The van der Waals surface area contributed by atoms with Crippen LogP contribution in [-0.4, -0.2) is 76.9 Å². The molecule has 1 saturated heterocycles. The van der Waals surface area contributed by atoms with Gasteiger partial charge >= 0.3 is 0 Å². The third-order valence-electron chi connectivity index (χ3n) is 7.70.